The van der Waals surface area contributed by atoms with Crippen molar-refractivity contribution < 1.29 is 4.74 Å². The molecule has 0 amide bonds. The highest BCUT2D eigenvalue weighted by Gasteiger charge is 2.19. The molecule has 2 rings (SSSR count). The van der Waals surface area contributed by atoms with E-state index in [1.165, 1.54) is 17.5 Å². The molecule has 1 fully saturated rings. The Hall–Kier alpha value is -0.820. The van der Waals surface area contributed by atoms with Crippen LogP contribution in [-0.2, 0) is 10.2 Å². The summed E-state index contributed by atoms with van der Waals surface area (Å²) in [6, 6.07) is 9.04. The number of rotatable bonds is 1. The maximum Gasteiger partial charge on any atom is 0.0535 e. The molecular formula is C14H20O. The number of benzene rings is 1. The van der Waals surface area contributed by atoms with Crippen molar-refractivity contribution in [1.29, 1.82) is 0 Å². The Bertz CT molecular complexity index is 312. The van der Waals surface area contributed by atoms with E-state index in [1.54, 1.807) is 0 Å². The smallest absolute Gasteiger partial charge is 0.0535 e. The number of hydrogen-bond acceptors (Lipinski definition) is 1. The van der Waals surface area contributed by atoms with Crippen LogP contribution in [0.25, 0.3) is 0 Å². The Morgan fingerprint density at radius 1 is 1.13 bits per heavy atom. The second-order valence-electron chi connectivity index (χ2n) is 5.43. The van der Waals surface area contributed by atoms with Crippen LogP contribution in [0.15, 0.2) is 24.3 Å². The van der Waals surface area contributed by atoms with Gasteiger partial charge in [-0.2, -0.15) is 0 Å². The van der Waals surface area contributed by atoms with Crippen molar-refractivity contribution in [3.63, 3.8) is 0 Å². The minimum atomic E-state index is 0.255. The molecule has 82 valence electrons. The molecule has 0 saturated carbocycles. The lowest BCUT2D eigenvalue weighted by Gasteiger charge is -2.19. The van der Waals surface area contributed by atoms with Crippen LogP contribution in [0, 0.1) is 0 Å². The van der Waals surface area contributed by atoms with Crippen molar-refractivity contribution in [2.24, 2.45) is 0 Å². The van der Waals surface area contributed by atoms with Crippen molar-refractivity contribution >= 4 is 0 Å². The second kappa shape index (κ2) is 3.97. The first-order chi connectivity index (χ1) is 7.07. The summed E-state index contributed by atoms with van der Waals surface area (Å²) < 4.78 is 5.41. The first-order valence-corrected chi connectivity index (χ1v) is 5.75. The number of ether oxygens (including phenoxy) is 1. The zero-order valence-electron chi connectivity index (χ0n) is 9.92. The first kappa shape index (κ1) is 10.7. The van der Waals surface area contributed by atoms with Gasteiger partial charge in [0.15, 0.2) is 0 Å². The van der Waals surface area contributed by atoms with Crippen molar-refractivity contribution in [1.82, 2.24) is 0 Å². The van der Waals surface area contributed by atoms with Crippen molar-refractivity contribution in [2.75, 3.05) is 13.2 Å². The average Bonchev–Trinajstić information content (AvgIpc) is 2.69. The van der Waals surface area contributed by atoms with Crippen molar-refractivity contribution in [2.45, 2.75) is 38.5 Å². The van der Waals surface area contributed by atoms with Crippen molar-refractivity contribution in [3.05, 3.63) is 35.4 Å². The van der Waals surface area contributed by atoms with Crippen LogP contribution >= 0.6 is 0 Å². The summed E-state index contributed by atoms with van der Waals surface area (Å²) in [5, 5.41) is 0. The fourth-order valence-electron chi connectivity index (χ4n) is 2.05. The summed E-state index contributed by atoms with van der Waals surface area (Å²) in [4.78, 5) is 0. The number of hydrogen-bond donors (Lipinski definition) is 0. The molecule has 1 heterocycles. The highest BCUT2D eigenvalue weighted by Crippen LogP contribution is 2.28. The third kappa shape index (κ3) is 2.40. The Morgan fingerprint density at radius 3 is 2.27 bits per heavy atom. The third-order valence-electron chi connectivity index (χ3n) is 3.18. The van der Waals surface area contributed by atoms with Gasteiger partial charge in [-0.3, -0.25) is 0 Å². The van der Waals surface area contributed by atoms with Crippen LogP contribution in [-0.4, -0.2) is 13.2 Å². The zero-order valence-corrected chi connectivity index (χ0v) is 9.92. The third-order valence-corrected chi connectivity index (χ3v) is 3.18. The summed E-state index contributed by atoms with van der Waals surface area (Å²) in [6.45, 7) is 8.57. The standard InChI is InChI=1S/C14H20O/c1-14(2,3)13-6-4-11(5-7-13)12-8-9-15-10-12/h4-7,12H,8-10H2,1-3H3. The monoisotopic (exact) mass is 204 g/mol. The summed E-state index contributed by atoms with van der Waals surface area (Å²) in [6.07, 6.45) is 1.18. The molecule has 0 spiro atoms. The molecule has 1 nitrogen and oxygen atoms in total. The summed E-state index contributed by atoms with van der Waals surface area (Å²) in [5.41, 5.74) is 3.09. The first-order valence-electron chi connectivity index (χ1n) is 5.75. The highest BCUT2D eigenvalue weighted by molar-refractivity contribution is 5.29. The van der Waals surface area contributed by atoms with Crippen LogP contribution in [0.2, 0.25) is 0 Å². The van der Waals surface area contributed by atoms with Gasteiger partial charge in [0.1, 0.15) is 0 Å². The van der Waals surface area contributed by atoms with Gasteiger partial charge < -0.3 is 4.74 Å². The maximum atomic E-state index is 5.41. The Balaban J connectivity index is 2.16. The van der Waals surface area contributed by atoms with E-state index in [9.17, 15) is 0 Å². The lowest BCUT2D eigenvalue weighted by atomic mass is 9.85. The Labute approximate surface area is 92.5 Å². The molecule has 15 heavy (non-hydrogen) atoms. The lowest BCUT2D eigenvalue weighted by Crippen LogP contribution is -2.11. The van der Waals surface area contributed by atoms with E-state index in [0.717, 1.165) is 13.2 Å². The van der Waals surface area contributed by atoms with E-state index in [-0.39, 0.29) is 5.41 Å². The molecule has 0 bridgehead atoms. The normalized spacial score (nSPS) is 21.9. The van der Waals surface area contributed by atoms with Crippen LogP contribution in [0.3, 0.4) is 0 Å². The molecular weight excluding hydrogens is 184 g/mol. The summed E-state index contributed by atoms with van der Waals surface area (Å²) in [7, 11) is 0. The summed E-state index contributed by atoms with van der Waals surface area (Å²) >= 11 is 0. The highest BCUT2D eigenvalue weighted by atomic mass is 16.5. The van der Waals surface area contributed by atoms with E-state index in [2.05, 4.69) is 45.0 Å². The van der Waals surface area contributed by atoms with E-state index in [1.807, 2.05) is 0 Å². The molecule has 0 aromatic heterocycles. The largest absolute Gasteiger partial charge is 0.381 e. The summed E-state index contributed by atoms with van der Waals surface area (Å²) in [5.74, 6) is 0.624. The molecule has 1 unspecified atom stereocenters. The fraction of sp³-hybridized carbons (Fsp3) is 0.571. The van der Waals surface area contributed by atoms with Gasteiger partial charge in [0.05, 0.1) is 6.61 Å². The molecule has 1 atom stereocenters. The van der Waals surface area contributed by atoms with E-state index in [4.69, 9.17) is 4.74 Å². The molecule has 1 aliphatic rings. The second-order valence-corrected chi connectivity index (χ2v) is 5.43. The maximum absolute atomic E-state index is 5.41. The van der Waals surface area contributed by atoms with Gasteiger partial charge in [-0.15, -0.1) is 0 Å². The fourth-order valence-corrected chi connectivity index (χ4v) is 2.05. The molecule has 0 radical (unpaired) electrons. The van der Waals surface area contributed by atoms with Gasteiger partial charge in [0.25, 0.3) is 0 Å². The quantitative estimate of drug-likeness (QED) is 0.680. The molecule has 1 heteroatoms. The predicted molar refractivity (Wildman–Crippen MR) is 63.3 cm³/mol. The van der Waals surface area contributed by atoms with Gasteiger partial charge >= 0.3 is 0 Å². The van der Waals surface area contributed by atoms with Crippen molar-refractivity contribution in [3.8, 4) is 0 Å². The van der Waals surface area contributed by atoms with Gasteiger partial charge in [0.2, 0.25) is 0 Å². The van der Waals surface area contributed by atoms with Crippen LogP contribution in [0.1, 0.15) is 44.2 Å². The van der Waals surface area contributed by atoms with Gasteiger partial charge in [-0.05, 0) is 23.0 Å². The molecule has 0 N–H and O–H groups in total. The minimum absolute atomic E-state index is 0.255. The van der Waals surface area contributed by atoms with Gasteiger partial charge in [-0.1, -0.05) is 45.0 Å². The molecule has 1 saturated heterocycles. The van der Waals surface area contributed by atoms with E-state index < -0.39 is 0 Å². The zero-order chi connectivity index (χ0) is 10.9. The topological polar surface area (TPSA) is 9.23 Å². The Morgan fingerprint density at radius 2 is 1.80 bits per heavy atom. The average molecular weight is 204 g/mol. The van der Waals surface area contributed by atoms with Crippen LogP contribution in [0.5, 0.6) is 0 Å². The predicted octanol–water partition coefficient (Wildman–Crippen LogP) is 3.49. The molecule has 1 aliphatic heterocycles. The molecule has 1 aromatic rings. The van der Waals surface area contributed by atoms with Crippen LogP contribution < -0.4 is 0 Å². The SMILES string of the molecule is CC(C)(C)c1ccc(C2CCOC2)cc1. The lowest BCUT2D eigenvalue weighted by molar-refractivity contribution is 0.194. The van der Waals surface area contributed by atoms with E-state index >= 15 is 0 Å². The minimum Gasteiger partial charge on any atom is -0.381 e. The molecule has 0 aliphatic carbocycles. The molecule has 1 aromatic carbocycles. The van der Waals surface area contributed by atoms with E-state index in [0.29, 0.717) is 5.92 Å². The Kier molecular flexibility index (Phi) is 2.83. The van der Waals surface area contributed by atoms with Crippen LogP contribution in [0.4, 0.5) is 0 Å². The van der Waals surface area contributed by atoms with Gasteiger partial charge in [-0.25, -0.2) is 0 Å². The van der Waals surface area contributed by atoms with Gasteiger partial charge in [0, 0.05) is 12.5 Å².